The molecule has 1 N–H and O–H groups in total. The van der Waals surface area contributed by atoms with E-state index in [1.807, 2.05) is 32.0 Å². The van der Waals surface area contributed by atoms with E-state index in [0.29, 0.717) is 18.0 Å². The predicted octanol–water partition coefficient (Wildman–Crippen LogP) is 2.63. The molecule has 0 aromatic heterocycles. The number of nitrogens with one attached hydrogen (secondary N) is 1. The largest absolute Gasteiger partial charge is 0.497 e. The Morgan fingerprint density at radius 2 is 1.64 bits per heavy atom. The number of sulfonamides is 1. The number of aryl methyl sites for hydroxylation is 2. The van der Waals surface area contributed by atoms with Crippen molar-refractivity contribution in [2.45, 2.75) is 40.3 Å². The van der Waals surface area contributed by atoms with Crippen molar-refractivity contribution in [1.29, 1.82) is 0 Å². The number of nitrogens with zero attached hydrogens (tertiary/aromatic N) is 2. The van der Waals surface area contributed by atoms with Crippen molar-refractivity contribution in [3.8, 4) is 5.75 Å². The van der Waals surface area contributed by atoms with Gasteiger partial charge in [-0.05, 0) is 68.7 Å². The summed E-state index contributed by atoms with van der Waals surface area (Å²) >= 11 is 0. The third-order valence-electron chi connectivity index (χ3n) is 5.20. The first-order valence-corrected chi connectivity index (χ1v) is 12.6. The molecule has 0 bridgehead atoms. The lowest BCUT2D eigenvalue weighted by Gasteiger charge is -2.31. The van der Waals surface area contributed by atoms with Crippen LogP contribution in [-0.2, 0) is 26.2 Å². The van der Waals surface area contributed by atoms with E-state index in [2.05, 4.69) is 5.32 Å². The van der Waals surface area contributed by atoms with E-state index in [9.17, 15) is 18.0 Å². The number of rotatable bonds is 10. The van der Waals surface area contributed by atoms with Crippen molar-refractivity contribution >= 4 is 27.5 Å². The maximum absolute atomic E-state index is 13.4. The number of hydrogen-bond donors (Lipinski definition) is 1. The SMILES string of the molecule is CCNC(=O)[C@@H](C)N(Cc1ccc(OC)cc1)C(=O)CN(c1cc(C)cc(C)c1)S(C)(=O)=O. The summed E-state index contributed by atoms with van der Waals surface area (Å²) in [7, 11) is -2.19. The Hall–Kier alpha value is -3.07. The first kappa shape index (κ1) is 26.2. The van der Waals surface area contributed by atoms with Gasteiger partial charge < -0.3 is 15.0 Å². The number of ether oxygens (including phenoxy) is 1. The zero-order valence-electron chi connectivity index (χ0n) is 20.1. The van der Waals surface area contributed by atoms with Crippen LogP contribution in [-0.4, -0.2) is 57.6 Å². The maximum atomic E-state index is 13.4. The molecule has 0 unspecified atom stereocenters. The van der Waals surface area contributed by atoms with Crippen LogP contribution in [0, 0.1) is 13.8 Å². The topological polar surface area (TPSA) is 96.0 Å². The van der Waals surface area contributed by atoms with Crippen LogP contribution in [0.3, 0.4) is 0 Å². The van der Waals surface area contributed by atoms with Gasteiger partial charge in [-0.1, -0.05) is 18.2 Å². The molecule has 0 aliphatic heterocycles. The minimum atomic E-state index is -3.75. The molecular weight excluding hydrogens is 442 g/mol. The molecule has 33 heavy (non-hydrogen) atoms. The van der Waals surface area contributed by atoms with Crippen LogP contribution < -0.4 is 14.4 Å². The van der Waals surface area contributed by atoms with Gasteiger partial charge in [-0.25, -0.2) is 8.42 Å². The molecule has 0 fully saturated rings. The summed E-state index contributed by atoms with van der Waals surface area (Å²) in [5.74, 6) is -0.114. The summed E-state index contributed by atoms with van der Waals surface area (Å²) in [5.41, 5.74) is 2.98. The van der Waals surface area contributed by atoms with E-state index in [0.717, 1.165) is 27.3 Å². The summed E-state index contributed by atoms with van der Waals surface area (Å²) in [5, 5.41) is 2.73. The highest BCUT2D eigenvalue weighted by molar-refractivity contribution is 7.92. The van der Waals surface area contributed by atoms with Gasteiger partial charge in [0.2, 0.25) is 21.8 Å². The van der Waals surface area contributed by atoms with Gasteiger partial charge >= 0.3 is 0 Å². The van der Waals surface area contributed by atoms with Gasteiger partial charge in [0.1, 0.15) is 18.3 Å². The molecule has 0 aliphatic carbocycles. The van der Waals surface area contributed by atoms with E-state index in [1.54, 1.807) is 45.2 Å². The molecule has 1 atom stereocenters. The fraction of sp³-hybridized carbons (Fsp3) is 0.417. The van der Waals surface area contributed by atoms with E-state index in [4.69, 9.17) is 4.74 Å². The fourth-order valence-corrected chi connectivity index (χ4v) is 4.37. The molecular formula is C24H33N3O5S. The Balaban J connectivity index is 2.40. The van der Waals surface area contributed by atoms with Crippen molar-refractivity contribution in [3.63, 3.8) is 0 Å². The zero-order chi connectivity index (χ0) is 24.8. The summed E-state index contributed by atoms with van der Waals surface area (Å²) < 4.78 is 31.5. The number of anilines is 1. The number of benzene rings is 2. The minimum Gasteiger partial charge on any atom is -0.497 e. The normalized spacial score (nSPS) is 12.1. The third-order valence-corrected chi connectivity index (χ3v) is 6.34. The Labute approximate surface area is 196 Å². The first-order valence-electron chi connectivity index (χ1n) is 10.7. The molecule has 0 saturated carbocycles. The smallest absolute Gasteiger partial charge is 0.244 e. The zero-order valence-corrected chi connectivity index (χ0v) is 20.9. The number of methoxy groups -OCH3 is 1. The Morgan fingerprint density at radius 1 is 1.06 bits per heavy atom. The van der Waals surface area contributed by atoms with Gasteiger partial charge in [0.15, 0.2) is 0 Å². The molecule has 0 saturated heterocycles. The van der Waals surface area contributed by atoms with Gasteiger partial charge in [-0.3, -0.25) is 13.9 Å². The van der Waals surface area contributed by atoms with Gasteiger partial charge in [-0.2, -0.15) is 0 Å². The number of carbonyl (C=O) groups excluding carboxylic acids is 2. The van der Waals surface area contributed by atoms with Crippen molar-refractivity contribution in [2.24, 2.45) is 0 Å². The summed E-state index contributed by atoms with van der Waals surface area (Å²) in [6.45, 7) is 7.32. The maximum Gasteiger partial charge on any atom is 0.244 e. The highest BCUT2D eigenvalue weighted by atomic mass is 32.2. The second kappa shape index (κ2) is 11.2. The van der Waals surface area contributed by atoms with Gasteiger partial charge in [-0.15, -0.1) is 0 Å². The Bertz CT molecular complexity index is 1060. The van der Waals surface area contributed by atoms with Crippen LogP contribution in [0.2, 0.25) is 0 Å². The predicted molar refractivity (Wildman–Crippen MR) is 130 cm³/mol. The second-order valence-electron chi connectivity index (χ2n) is 8.06. The van der Waals surface area contributed by atoms with Crippen LogP contribution in [0.25, 0.3) is 0 Å². The highest BCUT2D eigenvalue weighted by Crippen LogP contribution is 2.22. The van der Waals surface area contributed by atoms with E-state index in [-0.39, 0.29) is 12.5 Å². The van der Waals surface area contributed by atoms with Gasteiger partial charge in [0.25, 0.3) is 0 Å². The highest BCUT2D eigenvalue weighted by Gasteiger charge is 2.30. The fourth-order valence-electron chi connectivity index (χ4n) is 3.54. The van der Waals surface area contributed by atoms with E-state index >= 15 is 0 Å². The number of likely N-dealkylation sites (N-methyl/N-ethyl adjacent to an activating group) is 1. The lowest BCUT2D eigenvalue weighted by Crippen LogP contribution is -2.51. The summed E-state index contributed by atoms with van der Waals surface area (Å²) in [6, 6.07) is 11.7. The molecule has 2 aromatic rings. The lowest BCUT2D eigenvalue weighted by atomic mass is 10.1. The molecule has 8 nitrogen and oxygen atoms in total. The summed E-state index contributed by atoms with van der Waals surface area (Å²) in [4.78, 5) is 27.4. The monoisotopic (exact) mass is 475 g/mol. The Kier molecular flexibility index (Phi) is 8.87. The number of hydrogen-bond acceptors (Lipinski definition) is 5. The third kappa shape index (κ3) is 7.21. The summed E-state index contributed by atoms with van der Waals surface area (Å²) in [6.07, 6.45) is 1.07. The Morgan fingerprint density at radius 3 is 2.12 bits per heavy atom. The molecule has 0 spiro atoms. The van der Waals surface area contributed by atoms with Gasteiger partial charge in [0.05, 0.1) is 19.1 Å². The molecule has 0 aliphatic rings. The average Bonchev–Trinajstić information content (AvgIpc) is 2.74. The minimum absolute atomic E-state index is 0.144. The van der Waals surface area contributed by atoms with E-state index < -0.39 is 28.5 Å². The quantitative estimate of drug-likeness (QED) is 0.570. The first-order chi connectivity index (χ1) is 15.5. The van der Waals surface area contributed by atoms with Crippen LogP contribution in [0.5, 0.6) is 5.75 Å². The van der Waals surface area contributed by atoms with E-state index in [1.165, 1.54) is 4.90 Å². The molecule has 0 heterocycles. The molecule has 9 heteroatoms. The molecule has 2 rings (SSSR count). The van der Waals surface area contributed by atoms with Crippen LogP contribution in [0.4, 0.5) is 5.69 Å². The van der Waals surface area contributed by atoms with Crippen LogP contribution in [0.1, 0.15) is 30.5 Å². The molecule has 2 aromatic carbocycles. The standard InChI is InChI=1S/C24H33N3O5S/c1-7-25-24(29)19(4)26(15-20-8-10-22(32-5)11-9-20)23(28)16-27(33(6,30)31)21-13-17(2)12-18(3)14-21/h8-14,19H,7,15-16H2,1-6H3,(H,25,29)/t19-/m1/s1. The van der Waals surface area contributed by atoms with Crippen molar-refractivity contribution in [3.05, 3.63) is 59.2 Å². The number of amides is 2. The molecule has 2 amide bonds. The molecule has 0 radical (unpaired) electrons. The average molecular weight is 476 g/mol. The second-order valence-corrected chi connectivity index (χ2v) is 9.96. The van der Waals surface area contributed by atoms with Crippen LogP contribution >= 0.6 is 0 Å². The van der Waals surface area contributed by atoms with Crippen molar-refractivity contribution in [1.82, 2.24) is 10.2 Å². The lowest BCUT2D eigenvalue weighted by molar-refractivity contribution is -0.139. The van der Waals surface area contributed by atoms with Crippen LogP contribution in [0.15, 0.2) is 42.5 Å². The number of carbonyl (C=O) groups is 2. The molecule has 180 valence electrons. The van der Waals surface area contributed by atoms with Crippen molar-refractivity contribution < 1.29 is 22.7 Å². The van der Waals surface area contributed by atoms with Crippen molar-refractivity contribution in [2.75, 3.05) is 30.8 Å². The van der Waals surface area contributed by atoms with Gasteiger partial charge in [0, 0.05) is 13.1 Å².